The lowest BCUT2D eigenvalue weighted by Gasteiger charge is -2.16. The second-order valence-corrected chi connectivity index (χ2v) is 4.53. The quantitative estimate of drug-likeness (QED) is 0.737. The number of rotatable bonds is 2. The van der Waals surface area contributed by atoms with E-state index in [1.54, 1.807) is 29.2 Å². The van der Waals surface area contributed by atoms with Crippen LogP contribution in [0.25, 0.3) is 0 Å². The number of carbonyl (C=O) groups excluding carboxylic acids is 2. The molecule has 0 bridgehead atoms. The van der Waals surface area contributed by atoms with Crippen molar-refractivity contribution in [3.05, 3.63) is 29.8 Å². The van der Waals surface area contributed by atoms with Crippen molar-refractivity contribution in [2.45, 2.75) is 18.9 Å². The van der Waals surface area contributed by atoms with E-state index >= 15 is 0 Å². The molecule has 2 fully saturated rings. The first kappa shape index (κ1) is 10.8. The molecule has 18 heavy (non-hydrogen) atoms. The average Bonchev–Trinajstić information content (AvgIpc) is 3.16. The molecule has 1 aromatic carbocycles. The lowest BCUT2D eigenvalue weighted by Crippen LogP contribution is -2.34. The van der Waals surface area contributed by atoms with Gasteiger partial charge in [-0.25, -0.2) is 9.69 Å². The number of benzene rings is 1. The molecule has 3 amide bonds. The van der Waals surface area contributed by atoms with Gasteiger partial charge in [0.25, 0.3) is 5.91 Å². The molecule has 1 aromatic rings. The molecule has 1 aliphatic heterocycles. The van der Waals surface area contributed by atoms with Crippen LogP contribution in [0.15, 0.2) is 24.3 Å². The van der Waals surface area contributed by atoms with Gasteiger partial charge in [-0.1, -0.05) is 6.07 Å². The fourth-order valence-corrected chi connectivity index (χ4v) is 2.16. The highest BCUT2D eigenvalue weighted by Gasteiger charge is 2.44. The highest BCUT2D eigenvalue weighted by molar-refractivity contribution is 6.20. The zero-order valence-corrected chi connectivity index (χ0v) is 9.67. The minimum Gasteiger partial charge on any atom is -0.312 e. The van der Waals surface area contributed by atoms with Crippen molar-refractivity contribution in [1.82, 2.24) is 4.90 Å². The van der Waals surface area contributed by atoms with E-state index in [-0.39, 0.29) is 24.5 Å². The molecular formula is C13H11N3O2. The summed E-state index contributed by atoms with van der Waals surface area (Å²) in [6.07, 6.45) is 1.95. The molecule has 3 rings (SSSR count). The fourth-order valence-electron chi connectivity index (χ4n) is 2.16. The monoisotopic (exact) mass is 241 g/mol. The van der Waals surface area contributed by atoms with Crippen LogP contribution in [-0.2, 0) is 4.79 Å². The first-order valence-corrected chi connectivity index (χ1v) is 5.84. The minimum absolute atomic E-state index is 0.153. The summed E-state index contributed by atoms with van der Waals surface area (Å²) in [7, 11) is 0. The molecule has 0 atom stereocenters. The summed E-state index contributed by atoms with van der Waals surface area (Å²) in [6, 6.07) is 8.52. The Balaban J connectivity index is 1.93. The normalized spacial score (nSPS) is 19.3. The van der Waals surface area contributed by atoms with Crippen LogP contribution in [-0.4, -0.2) is 29.4 Å². The number of amides is 3. The van der Waals surface area contributed by atoms with E-state index in [1.807, 2.05) is 6.07 Å². The van der Waals surface area contributed by atoms with Gasteiger partial charge in [-0.3, -0.25) is 4.79 Å². The number of imide groups is 1. The summed E-state index contributed by atoms with van der Waals surface area (Å²) >= 11 is 0. The van der Waals surface area contributed by atoms with Crippen LogP contribution >= 0.6 is 0 Å². The van der Waals surface area contributed by atoms with Crippen LogP contribution < -0.4 is 4.90 Å². The highest BCUT2D eigenvalue weighted by Crippen LogP contribution is 2.32. The van der Waals surface area contributed by atoms with E-state index in [2.05, 4.69) is 0 Å². The van der Waals surface area contributed by atoms with Gasteiger partial charge in [0, 0.05) is 6.04 Å². The summed E-state index contributed by atoms with van der Waals surface area (Å²) in [5, 5.41) is 8.84. The molecule has 0 radical (unpaired) electrons. The molecule has 5 heteroatoms. The first-order chi connectivity index (χ1) is 8.70. The number of carbonyl (C=O) groups is 2. The van der Waals surface area contributed by atoms with E-state index in [0.29, 0.717) is 11.3 Å². The van der Waals surface area contributed by atoms with Gasteiger partial charge in [-0.15, -0.1) is 0 Å². The van der Waals surface area contributed by atoms with Crippen molar-refractivity contribution >= 4 is 17.6 Å². The van der Waals surface area contributed by atoms with Crippen LogP contribution in [0, 0.1) is 11.3 Å². The van der Waals surface area contributed by atoms with Gasteiger partial charge >= 0.3 is 6.03 Å². The van der Waals surface area contributed by atoms with Gasteiger partial charge in [0.15, 0.2) is 0 Å². The Morgan fingerprint density at radius 1 is 1.28 bits per heavy atom. The summed E-state index contributed by atoms with van der Waals surface area (Å²) in [5.74, 6) is -0.220. The summed E-state index contributed by atoms with van der Waals surface area (Å²) in [4.78, 5) is 26.8. The number of nitriles is 1. The summed E-state index contributed by atoms with van der Waals surface area (Å²) < 4.78 is 0. The summed E-state index contributed by atoms with van der Waals surface area (Å²) in [5.41, 5.74) is 0.921. The molecule has 90 valence electrons. The Morgan fingerprint density at radius 2 is 2.06 bits per heavy atom. The third-order valence-electron chi connectivity index (χ3n) is 3.21. The fraction of sp³-hybridized carbons (Fsp3) is 0.308. The van der Waals surface area contributed by atoms with E-state index in [1.165, 1.54) is 4.90 Å². The molecule has 0 N–H and O–H groups in total. The lowest BCUT2D eigenvalue weighted by atomic mass is 10.2. The number of urea groups is 1. The number of anilines is 1. The van der Waals surface area contributed by atoms with Gasteiger partial charge in [0.2, 0.25) is 0 Å². The van der Waals surface area contributed by atoms with Gasteiger partial charge in [0.1, 0.15) is 6.54 Å². The Hall–Kier alpha value is -2.35. The maximum Gasteiger partial charge on any atom is 0.332 e. The predicted octanol–water partition coefficient (Wildman–Crippen LogP) is 1.49. The van der Waals surface area contributed by atoms with Crippen molar-refractivity contribution in [2.24, 2.45) is 0 Å². The minimum atomic E-state index is -0.266. The van der Waals surface area contributed by atoms with Crippen molar-refractivity contribution in [1.29, 1.82) is 5.26 Å². The molecule has 0 aromatic heterocycles. The van der Waals surface area contributed by atoms with Crippen molar-refractivity contribution in [3.63, 3.8) is 0 Å². The van der Waals surface area contributed by atoms with Gasteiger partial charge in [0.05, 0.1) is 17.3 Å². The van der Waals surface area contributed by atoms with Crippen LogP contribution in [0.4, 0.5) is 10.5 Å². The average molecular weight is 241 g/mol. The van der Waals surface area contributed by atoms with E-state index in [9.17, 15) is 9.59 Å². The number of hydrogen-bond acceptors (Lipinski definition) is 3. The topological polar surface area (TPSA) is 64.4 Å². The second kappa shape index (κ2) is 3.84. The molecule has 0 spiro atoms. The van der Waals surface area contributed by atoms with Crippen molar-refractivity contribution in [2.75, 3.05) is 11.4 Å². The SMILES string of the molecule is N#Cc1cccc(N2C(=O)CN(C3CC3)C2=O)c1. The number of nitrogens with zero attached hydrogens (tertiary/aromatic N) is 3. The lowest BCUT2D eigenvalue weighted by molar-refractivity contribution is -0.116. The Bertz CT molecular complexity index is 572. The molecule has 5 nitrogen and oxygen atoms in total. The van der Waals surface area contributed by atoms with Gasteiger partial charge in [-0.05, 0) is 31.0 Å². The molecular weight excluding hydrogens is 230 g/mol. The maximum absolute atomic E-state index is 12.1. The molecule has 0 unspecified atom stereocenters. The molecule has 1 aliphatic carbocycles. The highest BCUT2D eigenvalue weighted by atomic mass is 16.2. The molecule has 2 aliphatic rings. The largest absolute Gasteiger partial charge is 0.332 e. The Labute approximate surface area is 104 Å². The van der Waals surface area contributed by atoms with Gasteiger partial charge in [-0.2, -0.15) is 5.26 Å². The maximum atomic E-state index is 12.1. The van der Waals surface area contributed by atoms with Crippen molar-refractivity contribution in [3.8, 4) is 6.07 Å². The first-order valence-electron chi connectivity index (χ1n) is 5.84. The molecule has 1 heterocycles. The van der Waals surface area contributed by atoms with Crippen LogP contribution in [0.3, 0.4) is 0 Å². The molecule has 1 saturated heterocycles. The Morgan fingerprint density at radius 3 is 2.72 bits per heavy atom. The summed E-state index contributed by atoms with van der Waals surface area (Å²) in [6.45, 7) is 0.153. The van der Waals surface area contributed by atoms with Crippen molar-refractivity contribution < 1.29 is 9.59 Å². The molecule has 1 saturated carbocycles. The smallest absolute Gasteiger partial charge is 0.312 e. The third-order valence-corrected chi connectivity index (χ3v) is 3.21. The van der Waals surface area contributed by atoms with Crippen LogP contribution in [0.2, 0.25) is 0 Å². The van der Waals surface area contributed by atoms with Crippen LogP contribution in [0.1, 0.15) is 18.4 Å². The Kier molecular flexibility index (Phi) is 2.30. The van der Waals surface area contributed by atoms with Crippen LogP contribution in [0.5, 0.6) is 0 Å². The third kappa shape index (κ3) is 1.63. The standard InChI is InChI=1S/C13H11N3O2/c14-7-9-2-1-3-11(6-9)16-12(17)8-15(13(16)18)10-4-5-10/h1-3,6,10H,4-5,8H2. The second-order valence-electron chi connectivity index (χ2n) is 4.53. The number of hydrogen-bond donors (Lipinski definition) is 0. The zero-order valence-electron chi connectivity index (χ0n) is 9.67. The zero-order chi connectivity index (χ0) is 12.7. The van der Waals surface area contributed by atoms with E-state index < -0.39 is 0 Å². The van der Waals surface area contributed by atoms with E-state index in [0.717, 1.165) is 12.8 Å². The van der Waals surface area contributed by atoms with E-state index in [4.69, 9.17) is 5.26 Å². The van der Waals surface area contributed by atoms with Gasteiger partial charge < -0.3 is 4.90 Å². The predicted molar refractivity (Wildman–Crippen MR) is 63.8 cm³/mol.